The molecule has 0 unspecified atom stereocenters. The van der Waals surface area contributed by atoms with Crippen molar-refractivity contribution in [2.24, 2.45) is 5.73 Å². The van der Waals surface area contributed by atoms with E-state index in [0.717, 1.165) is 11.3 Å². The number of rotatable bonds is 3. The van der Waals surface area contributed by atoms with Crippen LogP contribution in [0.4, 0.5) is 0 Å². The quantitative estimate of drug-likeness (QED) is 0.733. The highest BCUT2D eigenvalue weighted by atomic mass is 16.5. The van der Waals surface area contributed by atoms with Gasteiger partial charge in [-0.3, -0.25) is 0 Å². The van der Waals surface area contributed by atoms with Crippen LogP contribution < -0.4 is 10.5 Å². The zero-order valence-electron chi connectivity index (χ0n) is 7.90. The first-order valence-corrected chi connectivity index (χ1v) is 4.22. The maximum Gasteiger partial charge on any atom is 0.119 e. The Balaban J connectivity index is 2.88. The molecule has 0 fully saturated rings. The van der Waals surface area contributed by atoms with Crippen molar-refractivity contribution in [1.29, 1.82) is 0 Å². The van der Waals surface area contributed by atoms with Gasteiger partial charge >= 0.3 is 0 Å². The van der Waals surface area contributed by atoms with E-state index in [1.165, 1.54) is 0 Å². The second-order valence-electron chi connectivity index (χ2n) is 3.08. The standard InChI is InChI=1S/C10H15NO2/c1-7(11)10(12)8-4-3-5-9(6-8)13-2/h3-7,10,12H,11H2,1-2H3/t7-,10+/m1/s1. The largest absolute Gasteiger partial charge is 0.497 e. The van der Waals surface area contributed by atoms with E-state index >= 15 is 0 Å². The normalized spacial score (nSPS) is 15.1. The number of aliphatic hydroxyl groups is 1. The molecule has 13 heavy (non-hydrogen) atoms. The average molecular weight is 181 g/mol. The van der Waals surface area contributed by atoms with Crippen LogP contribution in [0.5, 0.6) is 5.75 Å². The summed E-state index contributed by atoms with van der Waals surface area (Å²) >= 11 is 0. The summed E-state index contributed by atoms with van der Waals surface area (Å²) in [5.74, 6) is 0.734. The van der Waals surface area contributed by atoms with Crippen molar-refractivity contribution < 1.29 is 9.84 Å². The van der Waals surface area contributed by atoms with E-state index in [4.69, 9.17) is 10.5 Å². The van der Waals surface area contributed by atoms with E-state index in [1.54, 1.807) is 20.1 Å². The highest BCUT2D eigenvalue weighted by molar-refractivity contribution is 5.30. The monoisotopic (exact) mass is 181 g/mol. The SMILES string of the molecule is COc1cccc([C@@H](O)[C@@H](C)N)c1. The third kappa shape index (κ3) is 2.44. The molecule has 3 N–H and O–H groups in total. The molecule has 2 atom stereocenters. The first kappa shape index (κ1) is 10.0. The van der Waals surface area contributed by atoms with Gasteiger partial charge in [0.25, 0.3) is 0 Å². The van der Waals surface area contributed by atoms with Gasteiger partial charge in [-0.15, -0.1) is 0 Å². The molecule has 0 aliphatic rings. The van der Waals surface area contributed by atoms with Crippen molar-refractivity contribution in [2.45, 2.75) is 19.1 Å². The lowest BCUT2D eigenvalue weighted by molar-refractivity contribution is 0.153. The maximum atomic E-state index is 9.64. The van der Waals surface area contributed by atoms with Gasteiger partial charge in [0.1, 0.15) is 5.75 Å². The molecule has 0 amide bonds. The molecule has 0 aliphatic carbocycles. The third-order valence-corrected chi connectivity index (χ3v) is 1.93. The minimum absolute atomic E-state index is 0.271. The fourth-order valence-corrected chi connectivity index (χ4v) is 1.13. The molecule has 0 aromatic heterocycles. The fraction of sp³-hybridized carbons (Fsp3) is 0.400. The minimum atomic E-state index is -0.630. The molecule has 0 saturated heterocycles. The zero-order chi connectivity index (χ0) is 9.84. The second kappa shape index (κ2) is 4.25. The van der Waals surface area contributed by atoms with Crippen LogP contribution in [0.25, 0.3) is 0 Å². The minimum Gasteiger partial charge on any atom is -0.497 e. The van der Waals surface area contributed by atoms with Gasteiger partial charge < -0.3 is 15.6 Å². The molecule has 1 rings (SSSR count). The summed E-state index contributed by atoms with van der Waals surface area (Å²) in [6.07, 6.45) is -0.630. The lowest BCUT2D eigenvalue weighted by Crippen LogP contribution is -2.24. The third-order valence-electron chi connectivity index (χ3n) is 1.93. The van der Waals surface area contributed by atoms with Crippen molar-refractivity contribution >= 4 is 0 Å². The van der Waals surface area contributed by atoms with Crippen molar-refractivity contribution in [3.8, 4) is 5.75 Å². The summed E-state index contributed by atoms with van der Waals surface area (Å²) in [4.78, 5) is 0. The van der Waals surface area contributed by atoms with Crippen LogP contribution in [-0.4, -0.2) is 18.3 Å². The van der Waals surface area contributed by atoms with Crippen molar-refractivity contribution in [3.63, 3.8) is 0 Å². The summed E-state index contributed by atoms with van der Waals surface area (Å²) < 4.78 is 5.03. The molecule has 1 aromatic carbocycles. The fourth-order valence-electron chi connectivity index (χ4n) is 1.13. The number of hydrogen-bond donors (Lipinski definition) is 2. The van der Waals surface area contributed by atoms with E-state index < -0.39 is 6.10 Å². The van der Waals surface area contributed by atoms with Crippen LogP contribution in [0, 0.1) is 0 Å². The number of nitrogens with two attached hydrogens (primary N) is 1. The Morgan fingerprint density at radius 3 is 2.69 bits per heavy atom. The molecule has 0 bridgehead atoms. The Morgan fingerprint density at radius 1 is 1.46 bits per heavy atom. The van der Waals surface area contributed by atoms with E-state index in [1.807, 2.05) is 18.2 Å². The van der Waals surface area contributed by atoms with Gasteiger partial charge in [-0.25, -0.2) is 0 Å². The summed E-state index contributed by atoms with van der Waals surface area (Å²) in [6, 6.07) is 7.01. The molecule has 1 aromatic rings. The van der Waals surface area contributed by atoms with Crippen LogP contribution in [0.1, 0.15) is 18.6 Å². The smallest absolute Gasteiger partial charge is 0.119 e. The zero-order valence-corrected chi connectivity index (χ0v) is 7.90. The number of aliphatic hydroxyl groups excluding tert-OH is 1. The summed E-state index contributed by atoms with van der Waals surface area (Å²) in [6.45, 7) is 1.77. The number of methoxy groups -OCH3 is 1. The predicted octanol–water partition coefficient (Wildman–Crippen LogP) is 1.08. The lowest BCUT2D eigenvalue weighted by Gasteiger charge is -2.15. The van der Waals surface area contributed by atoms with Gasteiger partial charge in [-0.05, 0) is 24.6 Å². The first-order chi connectivity index (χ1) is 6.15. The van der Waals surface area contributed by atoms with Gasteiger partial charge in [0.15, 0.2) is 0 Å². The number of hydrogen-bond acceptors (Lipinski definition) is 3. The molecule has 0 radical (unpaired) electrons. The Kier molecular flexibility index (Phi) is 3.28. The van der Waals surface area contributed by atoms with Crippen molar-refractivity contribution in [3.05, 3.63) is 29.8 Å². The molecule has 3 heteroatoms. The second-order valence-corrected chi connectivity index (χ2v) is 3.08. The summed E-state index contributed by atoms with van der Waals surface area (Å²) in [7, 11) is 1.59. The first-order valence-electron chi connectivity index (χ1n) is 4.22. The van der Waals surface area contributed by atoms with Crippen LogP contribution in [-0.2, 0) is 0 Å². The van der Waals surface area contributed by atoms with Gasteiger partial charge in [0.05, 0.1) is 13.2 Å². The molecular weight excluding hydrogens is 166 g/mol. The molecular formula is C10H15NO2. The molecule has 0 heterocycles. The summed E-state index contributed by atoms with van der Waals surface area (Å²) in [5.41, 5.74) is 6.36. The van der Waals surface area contributed by atoms with Gasteiger partial charge in [0, 0.05) is 6.04 Å². The average Bonchev–Trinajstić information content (AvgIpc) is 2.16. The topological polar surface area (TPSA) is 55.5 Å². The van der Waals surface area contributed by atoms with E-state index in [-0.39, 0.29) is 6.04 Å². The van der Waals surface area contributed by atoms with Crippen LogP contribution in [0.2, 0.25) is 0 Å². The predicted molar refractivity (Wildman–Crippen MR) is 51.6 cm³/mol. The van der Waals surface area contributed by atoms with Crippen LogP contribution >= 0.6 is 0 Å². The molecule has 0 spiro atoms. The maximum absolute atomic E-state index is 9.64. The highest BCUT2D eigenvalue weighted by Gasteiger charge is 2.12. The van der Waals surface area contributed by atoms with E-state index in [9.17, 15) is 5.11 Å². The Bertz CT molecular complexity index is 273. The summed E-state index contributed by atoms with van der Waals surface area (Å²) in [5, 5.41) is 9.64. The van der Waals surface area contributed by atoms with Crippen molar-refractivity contribution in [2.75, 3.05) is 7.11 Å². The van der Waals surface area contributed by atoms with Gasteiger partial charge in [0.2, 0.25) is 0 Å². The van der Waals surface area contributed by atoms with Crippen molar-refractivity contribution in [1.82, 2.24) is 0 Å². The van der Waals surface area contributed by atoms with Gasteiger partial charge in [-0.1, -0.05) is 12.1 Å². The Labute approximate surface area is 78.1 Å². The lowest BCUT2D eigenvalue weighted by atomic mass is 10.0. The molecule has 3 nitrogen and oxygen atoms in total. The van der Waals surface area contributed by atoms with Gasteiger partial charge in [-0.2, -0.15) is 0 Å². The number of ether oxygens (including phenoxy) is 1. The molecule has 72 valence electrons. The highest BCUT2D eigenvalue weighted by Crippen LogP contribution is 2.20. The Hall–Kier alpha value is -1.06. The van der Waals surface area contributed by atoms with E-state index in [0.29, 0.717) is 0 Å². The molecule has 0 saturated carbocycles. The Morgan fingerprint density at radius 2 is 2.15 bits per heavy atom. The molecule has 0 aliphatic heterocycles. The number of benzene rings is 1. The van der Waals surface area contributed by atoms with E-state index in [2.05, 4.69) is 0 Å². The van der Waals surface area contributed by atoms with Crippen LogP contribution in [0.3, 0.4) is 0 Å². The van der Waals surface area contributed by atoms with Crippen LogP contribution in [0.15, 0.2) is 24.3 Å².